The average Bonchev–Trinajstić information content (AvgIpc) is 2.98. The molecular weight excluding hydrogens is 347 g/mol. The van der Waals surface area contributed by atoms with E-state index in [2.05, 4.69) is 0 Å². The van der Waals surface area contributed by atoms with Crippen LogP contribution in [0.25, 0.3) is 5.57 Å². The van der Waals surface area contributed by atoms with Crippen LogP contribution < -0.4 is 0 Å². The van der Waals surface area contributed by atoms with E-state index in [1.807, 2.05) is 24.3 Å². The van der Waals surface area contributed by atoms with Crippen molar-refractivity contribution in [1.29, 1.82) is 0 Å². The van der Waals surface area contributed by atoms with Gasteiger partial charge in [0, 0.05) is 6.42 Å². The lowest BCUT2D eigenvalue weighted by molar-refractivity contribution is -0.139. The van der Waals surface area contributed by atoms with Crippen LogP contribution in [0.15, 0.2) is 66.3 Å². The fourth-order valence-electron chi connectivity index (χ4n) is 3.35. The maximum atomic E-state index is 13.3. The average molecular weight is 368 g/mol. The largest absolute Gasteiger partial charge is 0.481 e. The number of benzene rings is 2. The molecule has 0 saturated carbocycles. The van der Waals surface area contributed by atoms with Gasteiger partial charge >= 0.3 is 5.97 Å². The highest BCUT2D eigenvalue weighted by Crippen LogP contribution is 2.38. The number of hydrogen-bond donors (Lipinski definition) is 3. The monoisotopic (exact) mass is 368 g/mol. The summed E-state index contributed by atoms with van der Waals surface area (Å²) in [5, 5.41) is 28.4. The molecule has 140 valence electrons. The molecule has 3 rings (SSSR count). The maximum absolute atomic E-state index is 13.3. The summed E-state index contributed by atoms with van der Waals surface area (Å²) in [5.74, 6) is -1.41. The van der Waals surface area contributed by atoms with Crippen molar-refractivity contribution in [2.75, 3.05) is 0 Å². The predicted octanol–water partition coefficient (Wildman–Crippen LogP) is 3.33. The highest BCUT2D eigenvalue weighted by Gasteiger charge is 2.21. The third-order valence-electron chi connectivity index (χ3n) is 4.56. The van der Waals surface area contributed by atoms with E-state index in [1.165, 1.54) is 12.1 Å². The summed E-state index contributed by atoms with van der Waals surface area (Å²) >= 11 is 0. The summed E-state index contributed by atoms with van der Waals surface area (Å²) in [6, 6.07) is 14.3. The molecule has 1 aliphatic rings. The van der Waals surface area contributed by atoms with Gasteiger partial charge in [0.2, 0.25) is 0 Å². The van der Waals surface area contributed by atoms with Crippen molar-refractivity contribution in [2.45, 2.75) is 31.5 Å². The van der Waals surface area contributed by atoms with E-state index in [-0.39, 0.29) is 12.2 Å². The summed E-state index contributed by atoms with van der Waals surface area (Å²) < 4.78 is 13.3. The first-order chi connectivity index (χ1) is 12.9. The molecular formula is C22H21FO4. The molecule has 0 spiro atoms. The number of carboxylic acid groups (broad SMARTS) is 1. The second-order valence-corrected chi connectivity index (χ2v) is 6.65. The number of carboxylic acids is 1. The van der Waals surface area contributed by atoms with Gasteiger partial charge in [-0.15, -0.1) is 0 Å². The molecule has 0 unspecified atom stereocenters. The summed E-state index contributed by atoms with van der Waals surface area (Å²) in [7, 11) is 0. The summed E-state index contributed by atoms with van der Waals surface area (Å²) in [4.78, 5) is 10.6. The van der Waals surface area contributed by atoms with E-state index in [0.29, 0.717) is 6.42 Å². The Bertz CT molecular complexity index is 883. The van der Waals surface area contributed by atoms with E-state index in [4.69, 9.17) is 5.11 Å². The van der Waals surface area contributed by atoms with Gasteiger partial charge in [-0.05, 0) is 46.4 Å². The zero-order valence-corrected chi connectivity index (χ0v) is 14.7. The van der Waals surface area contributed by atoms with Crippen LogP contribution >= 0.6 is 0 Å². The second kappa shape index (κ2) is 8.29. The smallest absolute Gasteiger partial charge is 0.305 e. The summed E-state index contributed by atoms with van der Waals surface area (Å²) in [5.41, 5.74) is 5.08. The first-order valence-corrected chi connectivity index (χ1v) is 8.77. The van der Waals surface area contributed by atoms with Crippen molar-refractivity contribution in [3.8, 4) is 0 Å². The van der Waals surface area contributed by atoms with E-state index in [0.717, 1.165) is 27.8 Å². The normalized spacial score (nSPS) is 15.8. The van der Waals surface area contributed by atoms with Crippen LogP contribution in [0, 0.1) is 5.82 Å². The summed E-state index contributed by atoms with van der Waals surface area (Å²) in [6.45, 7) is 0. The number of halogens is 1. The number of hydrogen-bond acceptors (Lipinski definition) is 3. The van der Waals surface area contributed by atoms with Gasteiger partial charge in [0.15, 0.2) is 0 Å². The SMILES string of the molecule is O=C(O)C[C@@H](O)C[C@@H](O)C=CC1=C(c2ccc(F)cc2)c2ccccc2C1. The fraction of sp³-hybridized carbons (Fsp3) is 0.227. The molecule has 3 N–H and O–H groups in total. The van der Waals surface area contributed by atoms with Crippen molar-refractivity contribution < 1.29 is 24.5 Å². The molecule has 0 bridgehead atoms. The van der Waals surface area contributed by atoms with Crippen LogP contribution in [0.1, 0.15) is 29.5 Å². The standard InChI is InChI=1S/C22H21FO4/c23-17-8-5-14(6-9-17)22-16(11-15-3-1-2-4-20(15)22)7-10-18(24)12-19(25)13-21(26)27/h1-10,18-19,24-25H,11-13H2,(H,26,27)/t18-,19-/m0/s1. The predicted molar refractivity (Wildman–Crippen MR) is 101 cm³/mol. The van der Waals surface area contributed by atoms with Crippen LogP contribution in [0.3, 0.4) is 0 Å². The molecule has 0 amide bonds. The van der Waals surface area contributed by atoms with E-state index in [1.54, 1.807) is 24.3 Å². The van der Waals surface area contributed by atoms with E-state index in [9.17, 15) is 19.4 Å². The molecule has 0 saturated heterocycles. The molecule has 0 radical (unpaired) electrons. The van der Waals surface area contributed by atoms with Crippen LogP contribution in [-0.2, 0) is 11.2 Å². The lowest BCUT2D eigenvalue weighted by Gasteiger charge is -2.11. The topological polar surface area (TPSA) is 77.8 Å². The number of rotatable bonds is 7. The van der Waals surface area contributed by atoms with Gasteiger partial charge in [0.25, 0.3) is 0 Å². The Hall–Kier alpha value is -2.76. The Morgan fingerprint density at radius 2 is 1.81 bits per heavy atom. The Balaban J connectivity index is 1.86. The van der Waals surface area contributed by atoms with Crippen molar-refractivity contribution in [1.82, 2.24) is 0 Å². The van der Waals surface area contributed by atoms with Gasteiger partial charge in [0.1, 0.15) is 5.82 Å². The molecule has 4 nitrogen and oxygen atoms in total. The zero-order chi connectivity index (χ0) is 19.4. The van der Waals surface area contributed by atoms with Crippen LogP contribution in [0.4, 0.5) is 4.39 Å². The first kappa shape index (κ1) is 19.0. The molecule has 2 atom stereocenters. The third-order valence-corrected chi connectivity index (χ3v) is 4.56. The molecule has 1 aliphatic carbocycles. The van der Waals surface area contributed by atoms with E-state index >= 15 is 0 Å². The molecule has 27 heavy (non-hydrogen) atoms. The van der Waals surface area contributed by atoms with Crippen LogP contribution in [0.5, 0.6) is 0 Å². The maximum Gasteiger partial charge on any atom is 0.305 e. The van der Waals surface area contributed by atoms with Crippen molar-refractivity contribution in [2.24, 2.45) is 0 Å². The number of fused-ring (bicyclic) bond motifs is 1. The minimum atomic E-state index is -1.11. The van der Waals surface area contributed by atoms with Gasteiger partial charge in [-0.25, -0.2) is 4.39 Å². The third kappa shape index (κ3) is 4.70. The van der Waals surface area contributed by atoms with Crippen molar-refractivity contribution in [3.05, 3.63) is 88.8 Å². The molecule has 0 aromatic heterocycles. The lowest BCUT2D eigenvalue weighted by atomic mass is 9.97. The lowest BCUT2D eigenvalue weighted by Crippen LogP contribution is -2.19. The highest BCUT2D eigenvalue weighted by atomic mass is 19.1. The van der Waals surface area contributed by atoms with Crippen molar-refractivity contribution in [3.63, 3.8) is 0 Å². The Morgan fingerprint density at radius 3 is 2.52 bits per heavy atom. The Morgan fingerprint density at radius 1 is 1.11 bits per heavy atom. The fourth-order valence-corrected chi connectivity index (χ4v) is 3.35. The van der Waals surface area contributed by atoms with E-state index < -0.39 is 24.6 Å². The van der Waals surface area contributed by atoms with Gasteiger partial charge in [-0.3, -0.25) is 4.79 Å². The van der Waals surface area contributed by atoms with Gasteiger partial charge < -0.3 is 15.3 Å². The number of allylic oxidation sites excluding steroid dienone is 2. The van der Waals surface area contributed by atoms with Gasteiger partial charge in [-0.2, -0.15) is 0 Å². The van der Waals surface area contributed by atoms with Crippen molar-refractivity contribution >= 4 is 11.5 Å². The summed E-state index contributed by atoms with van der Waals surface area (Å²) in [6.07, 6.45) is 1.55. The zero-order valence-electron chi connectivity index (χ0n) is 14.7. The minimum Gasteiger partial charge on any atom is -0.481 e. The van der Waals surface area contributed by atoms with Gasteiger partial charge in [0.05, 0.1) is 18.6 Å². The molecule has 0 heterocycles. The quantitative estimate of drug-likeness (QED) is 0.701. The molecule has 2 aromatic rings. The molecule has 5 heteroatoms. The number of aliphatic carboxylic acids is 1. The number of carbonyl (C=O) groups is 1. The molecule has 2 aromatic carbocycles. The Kier molecular flexibility index (Phi) is 5.84. The number of aliphatic hydroxyl groups excluding tert-OH is 2. The van der Waals surface area contributed by atoms with Crippen LogP contribution in [0.2, 0.25) is 0 Å². The second-order valence-electron chi connectivity index (χ2n) is 6.65. The number of aliphatic hydroxyl groups is 2. The van der Waals surface area contributed by atoms with Gasteiger partial charge in [-0.1, -0.05) is 48.6 Å². The van der Waals surface area contributed by atoms with Crippen LogP contribution in [-0.4, -0.2) is 33.5 Å². The molecule has 0 fully saturated rings. The molecule has 0 aliphatic heterocycles. The minimum absolute atomic E-state index is 0.0467. The first-order valence-electron chi connectivity index (χ1n) is 8.77. The highest BCUT2D eigenvalue weighted by molar-refractivity contribution is 5.88. The Labute approximate surface area is 156 Å².